The van der Waals surface area contributed by atoms with Crippen LogP contribution in [-0.4, -0.2) is 23.4 Å². The molecule has 0 unspecified atom stereocenters. The van der Waals surface area contributed by atoms with E-state index in [-0.39, 0.29) is 0 Å². The van der Waals surface area contributed by atoms with Crippen LogP contribution in [0.25, 0.3) is 0 Å². The Bertz CT molecular complexity index is 989. The summed E-state index contributed by atoms with van der Waals surface area (Å²) >= 11 is 0. The van der Waals surface area contributed by atoms with E-state index >= 15 is 0 Å². The van der Waals surface area contributed by atoms with Crippen LogP contribution >= 0.6 is 0 Å². The Morgan fingerprint density at radius 1 is 1.00 bits per heavy atom. The molecule has 1 aromatic heterocycles. The third-order valence-corrected chi connectivity index (χ3v) is 4.55. The zero-order valence-electron chi connectivity index (χ0n) is 15.7. The molecule has 0 saturated carbocycles. The number of amides is 1. The number of benzene rings is 2. The van der Waals surface area contributed by atoms with E-state index < -0.39 is 11.7 Å². The van der Waals surface area contributed by atoms with E-state index in [1.165, 1.54) is 18.2 Å². The van der Waals surface area contributed by atoms with Crippen molar-refractivity contribution in [3.8, 4) is 5.75 Å². The largest absolute Gasteiger partial charge is 0.495 e. The molecule has 0 spiro atoms. The lowest BCUT2D eigenvalue weighted by Crippen LogP contribution is -2.25. The van der Waals surface area contributed by atoms with Gasteiger partial charge in [0.1, 0.15) is 5.75 Å². The average Bonchev–Trinajstić information content (AvgIpc) is 3.12. The van der Waals surface area contributed by atoms with Gasteiger partial charge in [-0.15, -0.1) is 0 Å². The standard InChI is InChI=1S/C22H22N2O3/c1-15-10-11-17(13-16(15)2)14-24-12-6-8-19(24)21(25)22(26)23-18-7-4-5-9-20(18)27-3/h4-13H,14H2,1-3H3,(H,23,26). The fourth-order valence-electron chi connectivity index (χ4n) is 2.90. The molecule has 0 bridgehead atoms. The van der Waals surface area contributed by atoms with Crippen molar-refractivity contribution in [2.24, 2.45) is 0 Å². The molecule has 0 aliphatic rings. The number of nitrogens with one attached hydrogen (secondary N) is 1. The van der Waals surface area contributed by atoms with Crippen molar-refractivity contribution in [2.75, 3.05) is 12.4 Å². The number of aromatic nitrogens is 1. The predicted octanol–water partition coefficient (Wildman–Crippen LogP) is 3.98. The number of hydrogen-bond acceptors (Lipinski definition) is 3. The van der Waals surface area contributed by atoms with E-state index in [0.717, 1.165) is 5.56 Å². The number of para-hydroxylation sites is 2. The van der Waals surface area contributed by atoms with Crippen LogP contribution in [0.15, 0.2) is 60.8 Å². The Labute approximate surface area is 158 Å². The normalized spacial score (nSPS) is 10.5. The summed E-state index contributed by atoms with van der Waals surface area (Å²) in [4.78, 5) is 25.1. The highest BCUT2D eigenvalue weighted by Crippen LogP contribution is 2.23. The molecular weight excluding hydrogens is 340 g/mol. The number of ether oxygens (including phenoxy) is 1. The lowest BCUT2D eigenvalue weighted by Gasteiger charge is -2.12. The zero-order valence-corrected chi connectivity index (χ0v) is 15.7. The van der Waals surface area contributed by atoms with E-state index in [1.54, 1.807) is 47.2 Å². The first-order valence-corrected chi connectivity index (χ1v) is 8.69. The summed E-state index contributed by atoms with van der Waals surface area (Å²) in [5.41, 5.74) is 4.31. The SMILES string of the molecule is COc1ccccc1NC(=O)C(=O)c1cccn1Cc1ccc(C)c(C)c1. The summed E-state index contributed by atoms with van der Waals surface area (Å²) in [7, 11) is 1.52. The van der Waals surface area contributed by atoms with E-state index in [4.69, 9.17) is 4.74 Å². The Morgan fingerprint density at radius 2 is 1.78 bits per heavy atom. The van der Waals surface area contributed by atoms with Crippen molar-refractivity contribution in [3.63, 3.8) is 0 Å². The highest BCUT2D eigenvalue weighted by atomic mass is 16.5. The molecule has 5 nitrogen and oxygen atoms in total. The highest BCUT2D eigenvalue weighted by Gasteiger charge is 2.21. The molecule has 3 aromatic rings. The second-order valence-corrected chi connectivity index (χ2v) is 6.42. The predicted molar refractivity (Wildman–Crippen MR) is 105 cm³/mol. The van der Waals surface area contributed by atoms with Crippen molar-refractivity contribution >= 4 is 17.4 Å². The summed E-state index contributed by atoms with van der Waals surface area (Å²) in [5.74, 6) is -0.779. The van der Waals surface area contributed by atoms with Gasteiger partial charge in [-0.2, -0.15) is 0 Å². The summed E-state index contributed by atoms with van der Waals surface area (Å²) in [6.07, 6.45) is 1.80. The second-order valence-electron chi connectivity index (χ2n) is 6.42. The number of methoxy groups -OCH3 is 1. The fraction of sp³-hybridized carbons (Fsp3) is 0.182. The number of aryl methyl sites for hydroxylation is 2. The minimum atomic E-state index is -0.695. The lowest BCUT2D eigenvalue weighted by atomic mass is 10.1. The number of anilines is 1. The van der Waals surface area contributed by atoms with Crippen molar-refractivity contribution in [1.82, 2.24) is 4.57 Å². The third kappa shape index (κ3) is 4.08. The monoisotopic (exact) mass is 362 g/mol. The Morgan fingerprint density at radius 3 is 2.52 bits per heavy atom. The first-order chi connectivity index (χ1) is 13.0. The second kappa shape index (κ2) is 7.91. The number of nitrogens with zero attached hydrogens (tertiary/aromatic N) is 1. The molecule has 1 heterocycles. The highest BCUT2D eigenvalue weighted by molar-refractivity contribution is 6.46. The Hall–Kier alpha value is -3.34. The van der Waals surface area contributed by atoms with Crippen LogP contribution in [0.5, 0.6) is 5.75 Å². The first kappa shape index (κ1) is 18.5. The molecule has 0 radical (unpaired) electrons. The maximum atomic E-state index is 12.7. The first-order valence-electron chi connectivity index (χ1n) is 8.69. The number of Topliss-reactive ketones (excluding diaryl/α,β-unsaturated/α-hetero) is 1. The van der Waals surface area contributed by atoms with Crippen molar-refractivity contribution in [1.29, 1.82) is 0 Å². The number of ketones is 1. The number of carbonyl (C=O) groups is 2. The molecule has 5 heteroatoms. The molecule has 0 atom stereocenters. The van der Waals surface area contributed by atoms with Gasteiger partial charge in [-0.1, -0.05) is 30.3 Å². The molecule has 0 fully saturated rings. The maximum absolute atomic E-state index is 12.7. The van der Waals surface area contributed by atoms with Gasteiger partial charge in [0.05, 0.1) is 18.5 Å². The van der Waals surface area contributed by atoms with Crippen LogP contribution in [-0.2, 0) is 11.3 Å². The molecule has 0 saturated heterocycles. The molecule has 1 N–H and O–H groups in total. The van der Waals surface area contributed by atoms with Crippen molar-refractivity contribution in [2.45, 2.75) is 20.4 Å². The Balaban J connectivity index is 1.78. The van der Waals surface area contributed by atoms with E-state index in [1.807, 2.05) is 6.07 Å². The van der Waals surface area contributed by atoms with Gasteiger partial charge in [-0.3, -0.25) is 9.59 Å². The molecule has 2 aromatic carbocycles. The summed E-state index contributed by atoms with van der Waals surface area (Å²) in [5, 5.41) is 2.63. The van der Waals surface area contributed by atoms with Crippen molar-refractivity contribution in [3.05, 3.63) is 83.2 Å². The van der Waals surface area contributed by atoms with Gasteiger partial charge >= 0.3 is 0 Å². The summed E-state index contributed by atoms with van der Waals surface area (Å²) < 4.78 is 6.99. The van der Waals surface area contributed by atoms with E-state index in [2.05, 4.69) is 31.3 Å². The van der Waals surface area contributed by atoms with Gasteiger partial charge in [0, 0.05) is 12.7 Å². The number of carbonyl (C=O) groups excluding carboxylic acids is 2. The van der Waals surface area contributed by atoms with E-state index in [9.17, 15) is 9.59 Å². The van der Waals surface area contributed by atoms with Gasteiger partial charge in [0.25, 0.3) is 11.7 Å². The molecular formula is C22H22N2O3. The quantitative estimate of drug-likeness (QED) is 0.533. The minimum Gasteiger partial charge on any atom is -0.495 e. The summed E-state index contributed by atoms with van der Waals surface area (Å²) in [6.45, 7) is 4.64. The van der Waals surface area contributed by atoms with Gasteiger partial charge in [-0.25, -0.2) is 0 Å². The molecule has 27 heavy (non-hydrogen) atoms. The van der Waals surface area contributed by atoms with Gasteiger partial charge in [0.15, 0.2) is 0 Å². The third-order valence-electron chi connectivity index (χ3n) is 4.55. The van der Waals surface area contributed by atoms with Crippen LogP contribution < -0.4 is 10.1 Å². The van der Waals surface area contributed by atoms with Crippen LogP contribution in [0.1, 0.15) is 27.2 Å². The van der Waals surface area contributed by atoms with Gasteiger partial charge in [-0.05, 0) is 54.8 Å². The van der Waals surface area contributed by atoms with Crippen molar-refractivity contribution < 1.29 is 14.3 Å². The van der Waals surface area contributed by atoms with Crippen LogP contribution in [0.3, 0.4) is 0 Å². The summed E-state index contributed by atoms with van der Waals surface area (Å²) in [6, 6.07) is 16.6. The molecule has 0 aliphatic heterocycles. The lowest BCUT2D eigenvalue weighted by molar-refractivity contribution is -0.112. The number of rotatable bonds is 6. The molecule has 3 rings (SSSR count). The molecule has 1 amide bonds. The smallest absolute Gasteiger partial charge is 0.298 e. The van der Waals surface area contributed by atoms with E-state index in [0.29, 0.717) is 23.7 Å². The Kier molecular flexibility index (Phi) is 5.41. The topological polar surface area (TPSA) is 60.3 Å². The average molecular weight is 362 g/mol. The minimum absolute atomic E-state index is 0.348. The van der Waals surface area contributed by atoms with Gasteiger partial charge in [0.2, 0.25) is 0 Å². The zero-order chi connectivity index (χ0) is 19.4. The van der Waals surface area contributed by atoms with Crippen LogP contribution in [0.2, 0.25) is 0 Å². The maximum Gasteiger partial charge on any atom is 0.298 e. The molecule has 0 aliphatic carbocycles. The van der Waals surface area contributed by atoms with Crippen LogP contribution in [0.4, 0.5) is 5.69 Å². The molecule has 138 valence electrons. The van der Waals surface area contributed by atoms with Gasteiger partial charge < -0.3 is 14.6 Å². The van der Waals surface area contributed by atoms with Crippen LogP contribution in [0, 0.1) is 13.8 Å². The fourth-order valence-corrected chi connectivity index (χ4v) is 2.90. The number of hydrogen-bond donors (Lipinski definition) is 1.